The van der Waals surface area contributed by atoms with Crippen LogP contribution in [0.25, 0.3) is 0 Å². The summed E-state index contributed by atoms with van der Waals surface area (Å²) >= 11 is 5.78. The average molecular weight is 274 g/mol. The van der Waals surface area contributed by atoms with Crippen molar-refractivity contribution in [3.05, 3.63) is 34.3 Å². The lowest BCUT2D eigenvalue weighted by Gasteiger charge is -2.18. The third-order valence-electron chi connectivity index (χ3n) is 2.56. The molecule has 0 radical (unpaired) electrons. The van der Waals surface area contributed by atoms with Gasteiger partial charge in [0.1, 0.15) is 6.10 Å². The van der Waals surface area contributed by atoms with Crippen LogP contribution in [-0.2, 0) is 0 Å². The van der Waals surface area contributed by atoms with Crippen molar-refractivity contribution >= 4 is 17.6 Å². The van der Waals surface area contributed by atoms with Crippen molar-refractivity contribution in [1.29, 1.82) is 0 Å². The Morgan fingerprint density at radius 1 is 1.39 bits per heavy atom. The Kier molecular flexibility index (Phi) is 5.55. The third-order valence-corrected chi connectivity index (χ3v) is 2.78. The quantitative estimate of drug-likeness (QED) is 0.622. The van der Waals surface area contributed by atoms with Crippen molar-refractivity contribution in [2.75, 3.05) is 13.6 Å². The Balaban J connectivity index is 2.91. The Bertz CT molecular complexity index is 425. The van der Waals surface area contributed by atoms with Gasteiger partial charge in [0.2, 0.25) is 0 Å². The van der Waals surface area contributed by atoms with Gasteiger partial charge in [-0.25, -0.2) is 4.79 Å². The first-order valence-corrected chi connectivity index (χ1v) is 5.88. The number of nitrogens with one attached hydrogen (secondary N) is 1. The number of aliphatic hydroxyl groups is 2. The third kappa shape index (κ3) is 3.96. The van der Waals surface area contributed by atoms with E-state index < -0.39 is 18.2 Å². The summed E-state index contributed by atoms with van der Waals surface area (Å²) < 4.78 is 0. The summed E-state index contributed by atoms with van der Waals surface area (Å²) in [5.74, 6) is -1.13. The molecule has 0 fully saturated rings. The lowest BCUT2D eigenvalue weighted by molar-refractivity contribution is 0.0139. The first-order chi connectivity index (χ1) is 8.45. The van der Waals surface area contributed by atoms with Crippen molar-refractivity contribution in [1.82, 2.24) is 5.32 Å². The molecular weight excluding hydrogens is 258 g/mol. The summed E-state index contributed by atoms with van der Waals surface area (Å²) in [5.41, 5.74) is 0.279. The molecular formula is C12H16ClNO4. The lowest BCUT2D eigenvalue weighted by Crippen LogP contribution is -2.23. The van der Waals surface area contributed by atoms with Crippen LogP contribution < -0.4 is 5.32 Å². The summed E-state index contributed by atoms with van der Waals surface area (Å²) in [6, 6.07) is 4.04. The minimum atomic E-state index is -1.16. The van der Waals surface area contributed by atoms with Gasteiger partial charge in [-0.2, -0.15) is 0 Å². The summed E-state index contributed by atoms with van der Waals surface area (Å²) in [5, 5.41) is 31.6. The number of aromatic carboxylic acids is 1. The molecule has 1 rings (SSSR count). The van der Waals surface area contributed by atoms with E-state index in [1.54, 1.807) is 7.05 Å². The maximum Gasteiger partial charge on any atom is 0.335 e. The first-order valence-electron chi connectivity index (χ1n) is 5.50. The van der Waals surface area contributed by atoms with E-state index in [2.05, 4.69) is 5.32 Å². The predicted molar refractivity (Wildman–Crippen MR) is 67.9 cm³/mol. The van der Waals surface area contributed by atoms with E-state index in [-0.39, 0.29) is 10.6 Å². The van der Waals surface area contributed by atoms with Crippen LogP contribution in [0.1, 0.15) is 28.4 Å². The van der Waals surface area contributed by atoms with Gasteiger partial charge in [-0.1, -0.05) is 11.6 Å². The van der Waals surface area contributed by atoms with Crippen molar-refractivity contribution in [2.24, 2.45) is 0 Å². The number of carbonyl (C=O) groups is 1. The summed E-state index contributed by atoms with van der Waals surface area (Å²) in [6.45, 7) is 0.546. The van der Waals surface area contributed by atoms with Crippen LogP contribution in [0.5, 0.6) is 0 Å². The molecule has 0 aliphatic rings. The Morgan fingerprint density at radius 3 is 2.61 bits per heavy atom. The maximum atomic E-state index is 10.9. The molecule has 100 valence electrons. The van der Waals surface area contributed by atoms with Crippen molar-refractivity contribution in [3.63, 3.8) is 0 Å². The standard InChI is InChI=1S/C12H16ClNO4/c1-14-3-2-10(15)11(16)7-4-8(12(17)18)6-9(13)5-7/h4-6,10-11,14-16H,2-3H2,1H3,(H,17,18). The molecule has 0 heterocycles. The number of halogens is 1. The molecule has 6 heteroatoms. The molecule has 0 spiro atoms. The Morgan fingerprint density at radius 2 is 2.06 bits per heavy atom. The number of hydrogen-bond donors (Lipinski definition) is 4. The minimum absolute atomic E-state index is 0.0163. The fourth-order valence-corrected chi connectivity index (χ4v) is 1.82. The predicted octanol–water partition coefficient (Wildman–Crippen LogP) is 1.04. The van der Waals surface area contributed by atoms with Crippen LogP contribution >= 0.6 is 11.6 Å². The number of carboxylic acids is 1. The molecule has 2 unspecified atom stereocenters. The normalized spacial score (nSPS) is 14.2. The summed E-state index contributed by atoms with van der Waals surface area (Å²) in [4.78, 5) is 10.9. The van der Waals surface area contributed by atoms with Crippen molar-refractivity contribution in [2.45, 2.75) is 18.6 Å². The molecule has 1 aromatic rings. The van der Waals surface area contributed by atoms with Gasteiger partial charge in [0.15, 0.2) is 0 Å². The molecule has 18 heavy (non-hydrogen) atoms. The van der Waals surface area contributed by atoms with Crippen molar-refractivity contribution < 1.29 is 20.1 Å². The lowest BCUT2D eigenvalue weighted by atomic mass is 10.00. The highest BCUT2D eigenvalue weighted by Gasteiger charge is 2.19. The van der Waals surface area contributed by atoms with Gasteiger partial charge < -0.3 is 20.6 Å². The van der Waals surface area contributed by atoms with Crippen LogP contribution in [0.4, 0.5) is 0 Å². The van der Waals surface area contributed by atoms with Gasteiger partial charge in [0, 0.05) is 5.02 Å². The zero-order valence-corrected chi connectivity index (χ0v) is 10.7. The van der Waals surface area contributed by atoms with Crippen LogP contribution in [-0.4, -0.2) is 41.0 Å². The number of carboxylic acid groups (broad SMARTS) is 1. The van der Waals surface area contributed by atoms with Gasteiger partial charge in [0.05, 0.1) is 11.7 Å². The topological polar surface area (TPSA) is 89.8 Å². The Labute approximate surface area is 110 Å². The molecule has 4 N–H and O–H groups in total. The summed E-state index contributed by atoms with van der Waals surface area (Å²) in [7, 11) is 1.74. The molecule has 0 saturated carbocycles. The van der Waals surface area contributed by atoms with E-state index in [1.807, 2.05) is 0 Å². The maximum absolute atomic E-state index is 10.9. The van der Waals surface area contributed by atoms with Gasteiger partial charge >= 0.3 is 5.97 Å². The first kappa shape index (κ1) is 14.9. The minimum Gasteiger partial charge on any atom is -0.478 e. The highest BCUT2D eigenvalue weighted by Crippen LogP contribution is 2.24. The molecule has 0 aliphatic heterocycles. The highest BCUT2D eigenvalue weighted by molar-refractivity contribution is 6.31. The summed E-state index contributed by atoms with van der Waals surface area (Å²) in [6.07, 6.45) is -1.78. The molecule has 2 atom stereocenters. The smallest absolute Gasteiger partial charge is 0.335 e. The average Bonchev–Trinajstić information content (AvgIpc) is 2.34. The van der Waals surface area contributed by atoms with Gasteiger partial charge in [-0.05, 0) is 43.8 Å². The number of hydrogen-bond acceptors (Lipinski definition) is 4. The molecule has 5 nitrogen and oxygen atoms in total. The molecule has 1 aromatic carbocycles. The van der Waals surface area contributed by atoms with E-state index >= 15 is 0 Å². The van der Waals surface area contributed by atoms with E-state index in [0.29, 0.717) is 18.5 Å². The van der Waals surface area contributed by atoms with Crippen LogP contribution in [0.2, 0.25) is 5.02 Å². The largest absolute Gasteiger partial charge is 0.478 e. The number of rotatable bonds is 6. The fraction of sp³-hybridized carbons (Fsp3) is 0.417. The molecule has 0 amide bonds. The zero-order valence-electron chi connectivity index (χ0n) is 9.93. The molecule has 0 aliphatic carbocycles. The second-order valence-corrected chi connectivity index (χ2v) is 4.42. The monoisotopic (exact) mass is 273 g/mol. The SMILES string of the molecule is CNCCC(O)C(O)c1cc(Cl)cc(C(=O)O)c1. The second kappa shape index (κ2) is 6.70. The van der Waals surface area contributed by atoms with E-state index in [9.17, 15) is 15.0 Å². The van der Waals surface area contributed by atoms with Crippen molar-refractivity contribution in [3.8, 4) is 0 Å². The van der Waals surface area contributed by atoms with Gasteiger partial charge in [0.25, 0.3) is 0 Å². The van der Waals surface area contributed by atoms with Gasteiger partial charge in [-0.3, -0.25) is 0 Å². The fourth-order valence-electron chi connectivity index (χ4n) is 1.58. The molecule has 0 bridgehead atoms. The zero-order chi connectivity index (χ0) is 13.7. The molecule has 0 saturated heterocycles. The van der Waals surface area contributed by atoms with Crippen LogP contribution in [0.15, 0.2) is 18.2 Å². The number of benzene rings is 1. The molecule has 0 aromatic heterocycles. The number of aliphatic hydroxyl groups excluding tert-OH is 2. The Hall–Kier alpha value is -1.14. The van der Waals surface area contributed by atoms with Crippen LogP contribution in [0.3, 0.4) is 0 Å². The van der Waals surface area contributed by atoms with E-state index in [1.165, 1.54) is 18.2 Å². The van der Waals surface area contributed by atoms with E-state index in [0.717, 1.165) is 0 Å². The van der Waals surface area contributed by atoms with Gasteiger partial charge in [-0.15, -0.1) is 0 Å². The van der Waals surface area contributed by atoms with Crippen LogP contribution in [0, 0.1) is 0 Å². The second-order valence-electron chi connectivity index (χ2n) is 3.98. The highest BCUT2D eigenvalue weighted by atomic mass is 35.5. The van der Waals surface area contributed by atoms with E-state index in [4.69, 9.17) is 16.7 Å².